The topological polar surface area (TPSA) is 238 Å². The van der Waals surface area contributed by atoms with Crippen molar-refractivity contribution in [1.82, 2.24) is 14.4 Å². The molecule has 3 aliphatic heterocycles. The highest BCUT2D eigenvalue weighted by Gasteiger charge is 2.53. The Morgan fingerprint density at radius 2 is 1.61 bits per heavy atom. The molecule has 2 aromatic rings. The number of likely N-dealkylation sites (N-methyl/N-ethyl adjacent to an activating group) is 2. The molecule has 5 rings (SSSR count). The molecule has 3 aliphatic rings. The van der Waals surface area contributed by atoms with Gasteiger partial charge in [0.25, 0.3) is 0 Å². The van der Waals surface area contributed by atoms with E-state index in [2.05, 4.69) is 0 Å². The molecule has 0 amide bonds. The van der Waals surface area contributed by atoms with Crippen molar-refractivity contribution >= 4 is 22.8 Å². The number of esters is 1. The lowest BCUT2D eigenvalue weighted by Crippen LogP contribution is -2.61. The van der Waals surface area contributed by atoms with Gasteiger partial charge in [0.15, 0.2) is 12.6 Å². The van der Waals surface area contributed by atoms with E-state index < -0.39 is 107 Å². The Balaban J connectivity index is 1.32. The Morgan fingerprint density at radius 3 is 2.22 bits per heavy atom. The number of aromatic nitrogens is 1. The number of nitrogens with zero attached hydrogens (tertiary/aromatic N) is 3. The molecular formula is C57H95N3O16. The van der Waals surface area contributed by atoms with Gasteiger partial charge in [-0.2, -0.15) is 0 Å². The molecule has 3 saturated heterocycles. The number of pyridine rings is 1. The number of carbonyl (C=O) groups is 2. The van der Waals surface area contributed by atoms with Gasteiger partial charge in [0.2, 0.25) is 5.43 Å². The highest BCUT2D eigenvalue weighted by atomic mass is 16.7. The maximum Gasteiger partial charge on any atom is 0.341 e. The van der Waals surface area contributed by atoms with Crippen LogP contribution in [0.1, 0.15) is 144 Å². The van der Waals surface area contributed by atoms with Crippen LogP contribution in [0.5, 0.6) is 0 Å². The molecule has 0 saturated carbocycles. The van der Waals surface area contributed by atoms with Crippen LogP contribution in [0.25, 0.3) is 10.9 Å². The quantitative estimate of drug-likeness (QED) is 0.0908. The number of hydrogen-bond acceptors (Lipinski definition) is 17. The molecule has 4 heterocycles. The molecule has 0 aliphatic carbocycles. The largest absolute Gasteiger partial charge is 0.477 e. The van der Waals surface area contributed by atoms with Gasteiger partial charge in [-0.1, -0.05) is 26.8 Å². The maximum atomic E-state index is 14.6. The van der Waals surface area contributed by atoms with E-state index in [1.165, 1.54) is 13.1 Å². The van der Waals surface area contributed by atoms with E-state index >= 15 is 0 Å². The molecule has 3 fully saturated rings. The standard InChI is InChI=1S/C57H95N3O16/c1-17-44-57(12,68)49(63)37(8)59(15)30-33(4)28-55(10,67)50(76-54-47(62)43(58(13)14)26-34(5)72-54)35(6)48(36(7)53(66)74-44)75-45-29-56(11,69-16)51(38(9)73-45)71-25-19-24-70-23-18-20-39-21-22-42-40(27-39)46(61)41(52(64)65)31-60(42)32(2)3/h21-22,27,31-38,43-45,47-51,54,62-63,67-68H,17-20,23-26,28-30H2,1-16H3,(H,64,65)/t33-,34-,35+,36-,37-,38+,43+,44-,45+,47-,48+,49-,50-,51+,54+,55-,56-,57-/m1/s1. The summed E-state index contributed by atoms with van der Waals surface area (Å²) in [6.07, 6.45) is -4.62. The zero-order valence-electron chi connectivity index (χ0n) is 48.4. The van der Waals surface area contributed by atoms with E-state index in [0.717, 1.165) is 5.56 Å². The molecule has 19 heteroatoms. The number of hydrogen-bond donors (Lipinski definition) is 5. The van der Waals surface area contributed by atoms with Gasteiger partial charge < -0.3 is 77.8 Å². The van der Waals surface area contributed by atoms with Gasteiger partial charge in [0, 0.05) is 75.5 Å². The minimum absolute atomic E-state index is 0.0322. The number of methoxy groups -OCH3 is 1. The zero-order valence-corrected chi connectivity index (χ0v) is 48.4. The third-order valence-electron chi connectivity index (χ3n) is 16.5. The highest BCUT2D eigenvalue weighted by molar-refractivity contribution is 5.92. The van der Waals surface area contributed by atoms with Gasteiger partial charge in [-0.3, -0.25) is 9.59 Å². The highest BCUT2D eigenvalue weighted by Crippen LogP contribution is 2.41. The monoisotopic (exact) mass is 1080 g/mol. The van der Waals surface area contributed by atoms with Crippen LogP contribution in [0.2, 0.25) is 0 Å². The first-order valence-corrected chi connectivity index (χ1v) is 27.6. The van der Waals surface area contributed by atoms with E-state index in [4.69, 9.17) is 37.9 Å². The van der Waals surface area contributed by atoms with Crippen molar-refractivity contribution in [2.45, 2.75) is 224 Å². The number of ether oxygens (including phenoxy) is 8. The number of aliphatic hydroxyl groups is 4. The number of aryl methyl sites for hydroxylation is 1. The van der Waals surface area contributed by atoms with Crippen molar-refractivity contribution in [2.24, 2.45) is 17.8 Å². The van der Waals surface area contributed by atoms with Crippen LogP contribution in [0.15, 0.2) is 29.2 Å². The zero-order chi connectivity index (χ0) is 56.8. The van der Waals surface area contributed by atoms with Crippen molar-refractivity contribution in [3.8, 4) is 0 Å². The number of carboxylic acid groups (broad SMARTS) is 1. The van der Waals surface area contributed by atoms with Gasteiger partial charge in [0.1, 0.15) is 35.6 Å². The lowest BCUT2D eigenvalue weighted by Gasteiger charge is -2.49. The summed E-state index contributed by atoms with van der Waals surface area (Å²) in [5.74, 6) is -3.95. The average molecular weight is 1080 g/mol. The average Bonchev–Trinajstić information content (AvgIpc) is 3.34. The van der Waals surface area contributed by atoms with E-state index in [9.17, 15) is 39.9 Å². The predicted octanol–water partition coefficient (Wildman–Crippen LogP) is 5.56. The van der Waals surface area contributed by atoms with Crippen molar-refractivity contribution in [2.75, 3.05) is 54.6 Å². The normalized spacial score (nSPS) is 37.8. The minimum atomic E-state index is -1.84. The molecule has 19 nitrogen and oxygen atoms in total. The summed E-state index contributed by atoms with van der Waals surface area (Å²) >= 11 is 0. The summed E-state index contributed by atoms with van der Waals surface area (Å²) < 4.78 is 53.3. The number of aromatic carboxylic acids is 1. The fourth-order valence-electron chi connectivity index (χ4n) is 12.0. The number of benzene rings is 1. The molecule has 1 aromatic heterocycles. The molecule has 0 bridgehead atoms. The third kappa shape index (κ3) is 15.0. The van der Waals surface area contributed by atoms with Crippen LogP contribution in [-0.4, -0.2) is 197 Å². The van der Waals surface area contributed by atoms with Gasteiger partial charge >= 0.3 is 11.9 Å². The van der Waals surface area contributed by atoms with Gasteiger partial charge in [-0.25, -0.2) is 4.79 Å². The Kier molecular flexibility index (Phi) is 22.5. The number of aliphatic hydroxyl groups excluding tert-OH is 2. The summed E-state index contributed by atoms with van der Waals surface area (Å²) in [7, 11) is 7.22. The van der Waals surface area contributed by atoms with Crippen LogP contribution < -0.4 is 5.43 Å². The lowest BCUT2D eigenvalue weighted by molar-refractivity contribution is -0.320. The van der Waals surface area contributed by atoms with Crippen LogP contribution in [0.3, 0.4) is 0 Å². The molecule has 0 spiro atoms. The molecule has 18 atom stereocenters. The number of carboxylic acids is 1. The molecule has 76 heavy (non-hydrogen) atoms. The molecule has 0 radical (unpaired) electrons. The molecular weight excluding hydrogens is 983 g/mol. The summed E-state index contributed by atoms with van der Waals surface area (Å²) in [5, 5.41) is 58.2. The third-order valence-corrected chi connectivity index (χ3v) is 16.5. The number of fused-ring (bicyclic) bond motifs is 1. The van der Waals surface area contributed by atoms with Gasteiger partial charge in [-0.05, 0) is 146 Å². The maximum absolute atomic E-state index is 14.6. The van der Waals surface area contributed by atoms with E-state index in [-0.39, 0.29) is 48.9 Å². The SMILES string of the molecule is CC[C@H]1OC(=O)[C@H](C)[C@@H](O[C@H]2C[C@@](C)(OC)[C@@H](OCCCOCCCc3ccc4c(c3)c(=O)c(C(=O)O)cn4C(C)C)[C@H](C)O2)[C@H](C)[C@@H](O[C@@H]2O[C@H](C)C[C@H](N(C)C)[C@H]2O)[C@](C)(O)C[C@@H](C)CN(C)[C@H](C)[C@@H](O)[C@]1(C)O. The van der Waals surface area contributed by atoms with Crippen LogP contribution in [0.4, 0.5) is 0 Å². The minimum Gasteiger partial charge on any atom is -0.477 e. The van der Waals surface area contributed by atoms with Crippen LogP contribution in [-0.2, 0) is 49.1 Å². The van der Waals surface area contributed by atoms with E-state index in [1.807, 2.05) is 96.1 Å². The van der Waals surface area contributed by atoms with Gasteiger partial charge in [0.05, 0.1) is 47.1 Å². The number of rotatable bonds is 18. The van der Waals surface area contributed by atoms with Crippen molar-refractivity contribution in [3.63, 3.8) is 0 Å². The second-order valence-corrected chi connectivity index (χ2v) is 23.6. The van der Waals surface area contributed by atoms with E-state index in [0.29, 0.717) is 63.0 Å². The first-order valence-electron chi connectivity index (χ1n) is 27.6. The lowest BCUT2D eigenvalue weighted by atomic mass is 9.77. The second kappa shape index (κ2) is 26.9. The summed E-state index contributed by atoms with van der Waals surface area (Å²) in [6, 6.07) is 4.71. The number of cyclic esters (lactones) is 1. The fourth-order valence-corrected chi connectivity index (χ4v) is 12.0. The Bertz CT molecular complexity index is 2260. The molecule has 1 aromatic carbocycles. The Hall–Kier alpha value is -3.15. The predicted molar refractivity (Wildman–Crippen MR) is 287 cm³/mol. The summed E-state index contributed by atoms with van der Waals surface area (Å²) in [6.45, 7) is 23.5. The number of carbonyl (C=O) groups excluding carboxylic acids is 1. The summed E-state index contributed by atoms with van der Waals surface area (Å²) in [4.78, 5) is 43.4. The molecule has 5 N–H and O–H groups in total. The smallest absolute Gasteiger partial charge is 0.341 e. The summed E-state index contributed by atoms with van der Waals surface area (Å²) in [5.41, 5.74) is -3.51. The van der Waals surface area contributed by atoms with Gasteiger partial charge in [-0.15, -0.1) is 0 Å². The van der Waals surface area contributed by atoms with Crippen LogP contribution >= 0.6 is 0 Å². The molecule has 434 valence electrons. The fraction of sp³-hybridized carbons (Fsp3) is 0.807. The first-order chi connectivity index (χ1) is 35.5. The van der Waals surface area contributed by atoms with Crippen molar-refractivity contribution in [3.05, 3.63) is 45.7 Å². The van der Waals surface area contributed by atoms with Crippen molar-refractivity contribution in [1.29, 1.82) is 0 Å². The van der Waals surface area contributed by atoms with E-state index in [1.54, 1.807) is 40.9 Å². The van der Waals surface area contributed by atoms with Crippen LogP contribution in [0, 0.1) is 17.8 Å². The Labute approximate surface area is 451 Å². The van der Waals surface area contributed by atoms with Crippen molar-refractivity contribution < 1.29 is 73.0 Å². The molecule has 0 unspecified atom stereocenters. The second-order valence-electron chi connectivity index (χ2n) is 23.6. The Morgan fingerprint density at radius 1 is 0.934 bits per heavy atom. The first kappa shape index (κ1) is 63.7.